The maximum atomic E-state index is 13.0. The second kappa shape index (κ2) is 9.47. The summed E-state index contributed by atoms with van der Waals surface area (Å²) < 4.78 is 5.59. The van der Waals surface area contributed by atoms with Crippen molar-refractivity contribution in [1.82, 2.24) is 15.2 Å². The Kier molecular flexibility index (Phi) is 6.51. The molecule has 3 heterocycles. The number of amides is 2. The molecule has 0 aliphatic carbocycles. The van der Waals surface area contributed by atoms with Gasteiger partial charge in [0, 0.05) is 51.1 Å². The number of pyridine rings is 1. The van der Waals surface area contributed by atoms with E-state index >= 15 is 0 Å². The number of ether oxygens (including phenoxy) is 1. The molecular weight excluding hydrogens is 392 g/mol. The van der Waals surface area contributed by atoms with E-state index in [1.807, 2.05) is 36.9 Å². The summed E-state index contributed by atoms with van der Waals surface area (Å²) >= 11 is 0. The average molecular weight is 423 g/mol. The fourth-order valence-electron chi connectivity index (χ4n) is 4.21. The minimum atomic E-state index is -0.132. The van der Waals surface area contributed by atoms with Crippen molar-refractivity contribution < 1.29 is 14.3 Å². The molecule has 7 heteroatoms. The Morgan fingerprint density at radius 2 is 1.87 bits per heavy atom. The van der Waals surface area contributed by atoms with Crippen molar-refractivity contribution in [2.45, 2.75) is 32.8 Å². The Labute approximate surface area is 183 Å². The molecule has 4 rings (SSSR count). The minimum Gasteiger partial charge on any atom is -0.376 e. The molecule has 2 aliphatic heterocycles. The minimum absolute atomic E-state index is 0.0661. The summed E-state index contributed by atoms with van der Waals surface area (Å²) in [6.45, 7) is 7.78. The maximum Gasteiger partial charge on any atom is 0.255 e. The molecule has 2 fully saturated rings. The van der Waals surface area contributed by atoms with Gasteiger partial charge in [-0.05, 0) is 56.0 Å². The van der Waals surface area contributed by atoms with E-state index in [9.17, 15) is 9.59 Å². The van der Waals surface area contributed by atoms with Gasteiger partial charge in [-0.2, -0.15) is 0 Å². The predicted octanol–water partition coefficient (Wildman–Crippen LogP) is 2.57. The number of benzene rings is 1. The Bertz CT molecular complexity index is 948. The van der Waals surface area contributed by atoms with E-state index in [-0.39, 0.29) is 17.9 Å². The van der Waals surface area contributed by atoms with E-state index in [2.05, 4.69) is 15.2 Å². The van der Waals surface area contributed by atoms with Gasteiger partial charge in [-0.3, -0.25) is 9.59 Å². The lowest BCUT2D eigenvalue weighted by molar-refractivity contribution is 0.0744. The summed E-state index contributed by atoms with van der Waals surface area (Å²) in [5.41, 5.74) is 3.48. The van der Waals surface area contributed by atoms with Crippen LogP contribution in [0.2, 0.25) is 0 Å². The first-order valence-electron chi connectivity index (χ1n) is 11.0. The number of rotatable bonds is 5. The van der Waals surface area contributed by atoms with Crippen molar-refractivity contribution in [2.24, 2.45) is 0 Å². The van der Waals surface area contributed by atoms with Crippen molar-refractivity contribution >= 4 is 17.6 Å². The van der Waals surface area contributed by atoms with Crippen molar-refractivity contribution in [3.63, 3.8) is 0 Å². The molecular formula is C24H30N4O3. The van der Waals surface area contributed by atoms with Gasteiger partial charge in [-0.25, -0.2) is 4.98 Å². The number of piperazine rings is 1. The first kappa shape index (κ1) is 21.3. The number of carbonyl (C=O) groups excluding carboxylic acids is 2. The molecule has 2 aromatic rings. The molecule has 0 bridgehead atoms. The van der Waals surface area contributed by atoms with Crippen LogP contribution >= 0.6 is 0 Å². The summed E-state index contributed by atoms with van der Waals surface area (Å²) in [7, 11) is 0. The molecule has 0 radical (unpaired) electrons. The zero-order valence-corrected chi connectivity index (χ0v) is 18.3. The first-order valence-corrected chi connectivity index (χ1v) is 11.0. The van der Waals surface area contributed by atoms with Gasteiger partial charge in [0.1, 0.15) is 5.82 Å². The summed E-state index contributed by atoms with van der Waals surface area (Å²) in [4.78, 5) is 34.3. The lowest BCUT2D eigenvalue weighted by atomic mass is 10.0. The number of hydrogen-bond donors (Lipinski definition) is 1. The lowest BCUT2D eigenvalue weighted by Crippen LogP contribution is -2.49. The van der Waals surface area contributed by atoms with Crippen LogP contribution in [0, 0.1) is 13.8 Å². The summed E-state index contributed by atoms with van der Waals surface area (Å²) in [6, 6.07) is 9.44. The summed E-state index contributed by atoms with van der Waals surface area (Å²) in [5, 5.41) is 2.99. The largest absolute Gasteiger partial charge is 0.376 e. The molecule has 0 spiro atoms. The monoisotopic (exact) mass is 422 g/mol. The van der Waals surface area contributed by atoms with Gasteiger partial charge >= 0.3 is 0 Å². The maximum absolute atomic E-state index is 13.0. The molecule has 164 valence electrons. The molecule has 7 nitrogen and oxygen atoms in total. The van der Waals surface area contributed by atoms with Gasteiger partial charge in [0.15, 0.2) is 0 Å². The highest BCUT2D eigenvalue weighted by molar-refractivity contribution is 5.99. The quantitative estimate of drug-likeness (QED) is 0.802. The van der Waals surface area contributed by atoms with E-state index in [1.54, 1.807) is 18.3 Å². The van der Waals surface area contributed by atoms with Crippen LogP contribution in [0.5, 0.6) is 0 Å². The van der Waals surface area contributed by atoms with Crippen molar-refractivity contribution in [3.05, 3.63) is 58.8 Å². The highest BCUT2D eigenvalue weighted by Gasteiger charge is 2.26. The predicted molar refractivity (Wildman–Crippen MR) is 120 cm³/mol. The molecule has 2 saturated heterocycles. The fraction of sp³-hybridized carbons (Fsp3) is 0.458. The van der Waals surface area contributed by atoms with Crippen molar-refractivity contribution in [2.75, 3.05) is 44.2 Å². The van der Waals surface area contributed by atoms with Gasteiger partial charge in [0.25, 0.3) is 11.8 Å². The normalized spacial score (nSPS) is 18.8. The molecule has 1 aromatic carbocycles. The van der Waals surface area contributed by atoms with Gasteiger partial charge in [0.2, 0.25) is 0 Å². The standard InChI is InChI=1S/C24H30N4O3/c1-17-6-3-8-20(18(17)2)24(30)28-13-11-27(12-14-28)22-21(9-4-10-25-22)23(29)26-16-19-7-5-15-31-19/h3-4,6,8-10,19H,5,7,11-16H2,1-2H3,(H,26,29). The van der Waals surface area contributed by atoms with Crippen LogP contribution in [0.4, 0.5) is 5.82 Å². The van der Waals surface area contributed by atoms with Crippen LogP contribution < -0.4 is 10.2 Å². The third-order valence-corrected chi connectivity index (χ3v) is 6.25. The van der Waals surface area contributed by atoms with Crippen LogP contribution in [-0.2, 0) is 4.74 Å². The molecule has 2 amide bonds. The van der Waals surface area contributed by atoms with Crippen molar-refractivity contribution in [3.8, 4) is 0 Å². The summed E-state index contributed by atoms with van der Waals surface area (Å²) in [6.07, 6.45) is 3.84. The third kappa shape index (κ3) is 4.71. The van der Waals surface area contributed by atoms with E-state index in [4.69, 9.17) is 4.74 Å². The van der Waals surface area contributed by atoms with E-state index in [0.29, 0.717) is 44.1 Å². The molecule has 1 atom stereocenters. The Morgan fingerprint density at radius 3 is 2.61 bits per heavy atom. The van der Waals surface area contributed by atoms with Crippen LogP contribution in [0.1, 0.15) is 44.7 Å². The second-order valence-corrected chi connectivity index (χ2v) is 8.25. The fourth-order valence-corrected chi connectivity index (χ4v) is 4.21. The molecule has 1 aromatic heterocycles. The van der Waals surface area contributed by atoms with E-state index in [1.165, 1.54) is 0 Å². The number of carbonyl (C=O) groups is 2. The summed E-state index contributed by atoms with van der Waals surface area (Å²) in [5.74, 6) is 0.607. The Morgan fingerprint density at radius 1 is 1.10 bits per heavy atom. The molecule has 31 heavy (non-hydrogen) atoms. The molecule has 1 unspecified atom stereocenters. The molecule has 1 N–H and O–H groups in total. The number of nitrogens with one attached hydrogen (secondary N) is 1. The topological polar surface area (TPSA) is 74.8 Å². The smallest absolute Gasteiger partial charge is 0.255 e. The van der Waals surface area contributed by atoms with Crippen LogP contribution in [0.3, 0.4) is 0 Å². The molecule has 2 aliphatic rings. The zero-order chi connectivity index (χ0) is 21.8. The number of aromatic nitrogens is 1. The van der Waals surface area contributed by atoms with Gasteiger partial charge in [-0.1, -0.05) is 12.1 Å². The Hall–Kier alpha value is -2.93. The first-order chi connectivity index (χ1) is 15.0. The van der Waals surface area contributed by atoms with Crippen molar-refractivity contribution in [1.29, 1.82) is 0 Å². The SMILES string of the molecule is Cc1cccc(C(=O)N2CCN(c3ncccc3C(=O)NCC3CCCO3)CC2)c1C. The third-order valence-electron chi connectivity index (χ3n) is 6.25. The van der Waals surface area contributed by atoms with E-state index in [0.717, 1.165) is 36.1 Å². The second-order valence-electron chi connectivity index (χ2n) is 8.25. The molecule has 0 saturated carbocycles. The zero-order valence-electron chi connectivity index (χ0n) is 18.3. The van der Waals surface area contributed by atoms with Crippen LogP contribution in [0.25, 0.3) is 0 Å². The van der Waals surface area contributed by atoms with E-state index < -0.39 is 0 Å². The van der Waals surface area contributed by atoms with Gasteiger partial charge in [-0.15, -0.1) is 0 Å². The number of hydrogen-bond acceptors (Lipinski definition) is 5. The lowest BCUT2D eigenvalue weighted by Gasteiger charge is -2.36. The highest BCUT2D eigenvalue weighted by Crippen LogP contribution is 2.21. The number of anilines is 1. The number of aryl methyl sites for hydroxylation is 1. The van der Waals surface area contributed by atoms with Gasteiger partial charge in [0.05, 0.1) is 11.7 Å². The highest BCUT2D eigenvalue weighted by atomic mass is 16.5. The van der Waals surface area contributed by atoms with Crippen LogP contribution in [0.15, 0.2) is 36.5 Å². The van der Waals surface area contributed by atoms with Crippen LogP contribution in [-0.4, -0.2) is 67.1 Å². The average Bonchev–Trinajstić information content (AvgIpc) is 3.33. The van der Waals surface area contributed by atoms with Gasteiger partial charge < -0.3 is 19.9 Å². The Balaban J connectivity index is 1.40. The number of nitrogens with zero attached hydrogens (tertiary/aromatic N) is 3.